The van der Waals surface area contributed by atoms with Crippen molar-refractivity contribution >= 4 is 34.0 Å². The van der Waals surface area contributed by atoms with Crippen molar-refractivity contribution in [1.29, 1.82) is 5.26 Å². The van der Waals surface area contributed by atoms with E-state index in [4.69, 9.17) is 5.84 Å². The van der Waals surface area contributed by atoms with Crippen LogP contribution in [0.4, 0.5) is 5.00 Å². The lowest BCUT2D eigenvalue weighted by molar-refractivity contribution is -0.113. The highest BCUT2D eigenvalue weighted by atomic mass is 32.2. The van der Waals surface area contributed by atoms with Gasteiger partial charge in [0.25, 0.3) is 0 Å². The zero-order valence-corrected chi connectivity index (χ0v) is 18.2. The van der Waals surface area contributed by atoms with Gasteiger partial charge >= 0.3 is 0 Å². The van der Waals surface area contributed by atoms with Gasteiger partial charge in [-0.2, -0.15) is 5.26 Å². The van der Waals surface area contributed by atoms with Crippen LogP contribution >= 0.6 is 23.1 Å². The van der Waals surface area contributed by atoms with E-state index in [0.717, 1.165) is 43.5 Å². The normalized spacial score (nSPS) is 19.5. The number of nitrogens with one attached hydrogen (secondary N) is 1. The van der Waals surface area contributed by atoms with E-state index in [9.17, 15) is 10.1 Å². The smallest absolute Gasteiger partial charge is 0.235 e. The molecule has 0 aromatic carbocycles. The van der Waals surface area contributed by atoms with Crippen molar-refractivity contribution in [1.82, 2.24) is 14.9 Å². The summed E-state index contributed by atoms with van der Waals surface area (Å²) in [6.07, 6.45) is 8.86. The lowest BCUT2D eigenvalue weighted by Crippen LogP contribution is -2.19. The second-order valence-corrected chi connectivity index (χ2v) is 10.1. The number of amides is 1. The average Bonchev–Trinajstić information content (AvgIpc) is 3.26. The molecule has 1 amide bonds. The van der Waals surface area contributed by atoms with Crippen LogP contribution in [0.5, 0.6) is 0 Å². The number of thiophene rings is 1. The maximum atomic E-state index is 12.5. The lowest BCUT2D eigenvalue weighted by Gasteiger charge is -2.20. The first kappa shape index (κ1) is 20.2. The number of aromatic nitrogens is 3. The molecule has 2 aromatic rings. The third-order valence-corrected chi connectivity index (χ3v) is 7.98. The van der Waals surface area contributed by atoms with Crippen molar-refractivity contribution in [3.8, 4) is 6.07 Å². The van der Waals surface area contributed by atoms with Crippen LogP contribution in [-0.2, 0) is 17.6 Å². The SMILES string of the molecule is CC1CCc2c(sc(NC(=O)CSc3nnc(C4CCCCC4)n3N)c2C#N)C1. The summed E-state index contributed by atoms with van der Waals surface area (Å²) < 4.78 is 1.54. The monoisotopic (exact) mass is 430 g/mol. The molecule has 1 fully saturated rings. The number of anilines is 1. The molecule has 3 N–H and O–H groups in total. The Morgan fingerprint density at radius 1 is 1.34 bits per heavy atom. The zero-order valence-electron chi connectivity index (χ0n) is 16.6. The molecule has 7 nitrogen and oxygen atoms in total. The van der Waals surface area contributed by atoms with Crippen LogP contribution in [-0.4, -0.2) is 26.5 Å². The first-order valence-electron chi connectivity index (χ1n) is 10.2. The fraction of sp³-hybridized carbons (Fsp3) is 0.600. The van der Waals surface area contributed by atoms with Crippen LogP contribution in [0.1, 0.15) is 73.2 Å². The van der Waals surface area contributed by atoms with Crippen molar-refractivity contribution < 1.29 is 4.79 Å². The van der Waals surface area contributed by atoms with Crippen LogP contribution in [0.2, 0.25) is 0 Å². The molecule has 0 saturated heterocycles. The van der Waals surface area contributed by atoms with Crippen molar-refractivity contribution in [3.63, 3.8) is 0 Å². The van der Waals surface area contributed by atoms with Gasteiger partial charge in [0.15, 0.2) is 5.82 Å². The predicted molar refractivity (Wildman–Crippen MR) is 116 cm³/mol. The average molecular weight is 431 g/mol. The van der Waals surface area contributed by atoms with Gasteiger partial charge in [0.05, 0.1) is 11.3 Å². The Kier molecular flexibility index (Phi) is 6.11. The highest BCUT2D eigenvalue weighted by Crippen LogP contribution is 2.39. The third-order valence-electron chi connectivity index (χ3n) is 5.87. The molecule has 2 aliphatic carbocycles. The van der Waals surface area contributed by atoms with Gasteiger partial charge in [-0.05, 0) is 43.6 Å². The summed E-state index contributed by atoms with van der Waals surface area (Å²) in [6.45, 7) is 2.23. The third kappa shape index (κ3) is 4.28. The van der Waals surface area contributed by atoms with Crippen molar-refractivity contribution in [2.24, 2.45) is 5.92 Å². The molecular formula is C20H26N6OS2. The maximum Gasteiger partial charge on any atom is 0.235 e. The number of nitrogen functional groups attached to an aromatic ring is 1. The summed E-state index contributed by atoms with van der Waals surface area (Å²) in [5.41, 5.74) is 1.76. The standard InChI is InChI=1S/C20H26N6OS2/c1-12-7-8-14-15(10-21)19(29-16(14)9-12)23-17(27)11-28-20-25-24-18(26(20)22)13-5-3-2-4-6-13/h12-13H,2-9,11,22H2,1H3,(H,23,27). The van der Waals surface area contributed by atoms with Crippen LogP contribution in [0, 0.1) is 17.2 Å². The van der Waals surface area contributed by atoms with Crippen molar-refractivity contribution in [2.75, 3.05) is 16.9 Å². The van der Waals surface area contributed by atoms with Crippen molar-refractivity contribution in [3.05, 3.63) is 21.8 Å². The topological polar surface area (TPSA) is 110 Å². The Morgan fingerprint density at radius 2 is 2.14 bits per heavy atom. The molecule has 0 aliphatic heterocycles. The lowest BCUT2D eigenvalue weighted by atomic mass is 9.89. The van der Waals surface area contributed by atoms with E-state index >= 15 is 0 Å². The highest BCUT2D eigenvalue weighted by molar-refractivity contribution is 7.99. The summed E-state index contributed by atoms with van der Waals surface area (Å²) in [5, 5.41) is 22.2. The van der Waals surface area contributed by atoms with Gasteiger partial charge in [-0.1, -0.05) is 37.9 Å². The molecule has 29 heavy (non-hydrogen) atoms. The summed E-state index contributed by atoms with van der Waals surface area (Å²) in [6, 6.07) is 2.29. The molecule has 154 valence electrons. The first-order chi connectivity index (χ1) is 14.1. The summed E-state index contributed by atoms with van der Waals surface area (Å²) in [7, 11) is 0. The van der Waals surface area contributed by atoms with E-state index in [1.54, 1.807) is 16.0 Å². The minimum atomic E-state index is -0.152. The van der Waals surface area contributed by atoms with Gasteiger partial charge in [-0.25, -0.2) is 4.68 Å². The van der Waals surface area contributed by atoms with Crippen LogP contribution < -0.4 is 11.2 Å². The Morgan fingerprint density at radius 3 is 2.90 bits per heavy atom. The maximum absolute atomic E-state index is 12.5. The van der Waals surface area contributed by atoms with Crippen molar-refractivity contribution in [2.45, 2.75) is 69.4 Å². The molecule has 2 aliphatic rings. The molecule has 1 unspecified atom stereocenters. The molecule has 2 aromatic heterocycles. The van der Waals surface area contributed by atoms with E-state index in [1.165, 1.54) is 35.9 Å². The fourth-order valence-corrected chi connectivity index (χ4v) is 6.32. The summed E-state index contributed by atoms with van der Waals surface area (Å²) in [5.74, 6) is 8.04. The van der Waals surface area contributed by atoms with Crippen LogP contribution in [0.25, 0.3) is 0 Å². The fourth-order valence-electron chi connectivity index (χ4n) is 4.28. The van der Waals surface area contributed by atoms with Crippen LogP contribution in [0.15, 0.2) is 5.16 Å². The zero-order chi connectivity index (χ0) is 20.4. The second kappa shape index (κ2) is 8.76. The van der Waals surface area contributed by atoms with E-state index in [-0.39, 0.29) is 11.7 Å². The minimum Gasteiger partial charge on any atom is -0.336 e. The van der Waals surface area contributed by atoms with Gasteiger partial charge in [0.1, 0.15) is 11.1 Å². The Balaban J connectivity index is 1.39. The number of carbonyl (C=O) groups is 1. The number of nitrogens with two attached hydrogens (primary N) is 1. The summed E-state index contributed by atoms with van der Waals surface area (Å²) >= 11 is 2.83. The molecular weight excluding hydrogens is 404 g/mol. The number of fused-ring (bicyclic) bond motifs is 1. The molecule has 1 saturated carbocycles. The molecule has 0 bridgehead atoms. The Hall–Kier alpha value is -2.05. The number of carbonyl (C=O) groups excluding carboxylic acids is 1. The number of thioether (sulfide) groups is 1. The van der Waals surface area contributed by atoms with Gasteiger partial charge in [0.2, 0.25) is 11.1 Å². The molecule has 2 heterocycles. The van der Waals surface area contributed by atoms with Crippen LogP contribution in [0.3, 0.4) is 0 Å². The van der Waals surface area contributed by atoms with Gasteiger partial charge in [-0.3, -0.25) is 4.79 Å². The number of nitriles is 1. The van der Waals surface area contributed by atoms with E-state index < -0.39 is 0 Å². The van der Waals surface area contributed by atoms with E-state index in [1.807, 2.05) is 0 Å². The van der Waals surface area contributed by atoms with Gasteiger partial charge < -0.3 is 11.2 Å². The van der Waals surface area contributed by atoms with Gasteiger partial charge in [0, 0.05) is 10.8 Å². The van der Waals surface area contributed by atoms with E-state index in [2.05, 4.69) is 28.5 Å². The number of rotatable bonds is 5. The Labute approximate surface area is 179 Å². The second-order valence-electron chi connectivity index (χ2n) is 8.05. The number of hydrogen-bond acceptors (Lipinski definition) is 7. The Bertz CT molecular complexity index is 938. The predicted octanol–water partition coefficient (Wildman–Crippen LogP) is 3.83. The highest BCUT2D eigenvalue weighted by Gasteiger charge is 2.25. The molecule has 1 atom stereocenters. The van der Waals surface area contributed by atoms with Gasteiger partial charge in [-0.15, -0.1) is 21.5 Å². The largest absolute Gasteiger partial charge is 0.336 e. The number of nitrogens with zero attached hydrogens (tertiary/aromatic N) is 4. The molecule has 0 radical (unpaired) electrons. The molecule has 0 spiro atoms. The summed E-state index contributed by atoms with van der Waals surface area (Å²) in [4.78, 5) is 13.8. The first-order valence-corrected chi connectivity index (χ1v) is 12.0. The quantitative estimate of drug-likeness (QED) is 0.551. The number of hydrogen-bond donors (Lipinski definition) is 2. The molecule has 4 rings (SSSR count). The molecule has 9 heteroatoms. The van der Waals surface area contributed by atoms with E-state index in [0.29, 0.717) is 27.6 Å². The minimum absolute atomic E-state index is 0.152.